The van der Waals surface area contributed by atoms with Crippen molar-refractivity contribution in [3.63, 3.8) is 0 Å². The molecule has 0 rings (SSSR count). The third kappa shape index (κ3) is 48.0. The number of esters is 1. The van der Waals surface area contributed by atoms with Crippen LogP contribution in [0.15, 0.2) is 24.3 Å². The summed E-state index contributed by atoms with van der Waals surface area (Å²) in [6.07, 6.45) is 52.2. The van der Waals surface area contributed by atoms with Crippen LogP contribution in [-0.2, 0) is 27.9 Å². The number of likely N-dealkylation sites (N-methyl/N-ethyl adjacent to an activating group) is 1. The van der Waals surface area contributed by atoms with Gasteiger partial charge < -0.3 is 18.9 Å². The molecule has 2 atom stereocenters. The molecular formula is C51H101NO7P+. The summed E-state index contributed by atoms with van der Waals surface area (Å²) >= 11 is 0. The van der Waals surface area contributed by atoms with Crippen LogP contribution in [-0.4, -0.2) is 75.6 Å². The number of carbonyl (C=O) groups excluding carboxylic acids is 1. The molecule has 2 unspecified atom stereocenters. The molecule has 0 fully saturated rings. The van der Waals surface area contributed by atoms with Gasteiger partial charge in [0.25, 0.3) is 0 Å². The molecule has 9 heteroatoms. The third-order valence-electron chi connectivity index (χ3n) is 11.3. The quantitative estimate of drug-likeness (QED) is 0.0214. The normalized spacial score (nSPS) is 13.8. The summed E-state index contributed by atoms with van der Waals surface area (Å²) in [7, 11) is 1.67. The third-order valence-corrected chi connectivity index (χ3v) is 12.2. The van der Waals surface area contributed by atoms with E-state index in [1.165, 1.54) is 180 Å². The van der Waals surface area contributed by atoms with Gasteiger partial charge in [0.15, 0.2) is 0 Å². The number of hydrogen-bond acceptors (Lipinski definition) is 6. The molecule has 0 saturated carbocycles. The Balaban J connectivity index is 4.12. The number of quaternary nitrogens is 1. The van der Waals surface area contributed by atoms with E-state index in [2.05, 4.69) is 38.2 Å². The molecule has 0 aromatic rings. The Morgan fingerprint density at radius 2 is 0.917 bits per heavy atom. The molecular weight excluding hydrogens is 770 g/mol. The molecule has 0 amide bonds. The summed E-state index contributed by atoms with van der Waals surface area (Å²) in [4.78, 5) is 23.0. The monoisotopic (exact) mass is 871 g/mol. The summed E-state index contributed by atoms with van der Waals surface area (Å²) in [5.41, 5.74) is 0. The summed E-state index contributed by atoms with van der Waals surface area (Å²) in [6.45, 7) is 5.63. The number of unbranched alkanes of at least 4 members (excludes halogenated alkanes) is 30. The van der Waals surface area contributed by atoms with Crippen LogP contribution in [0.4, 0.5) is 0 Å². The van der Waals surface area contributed by atoms with E-state index >= 15 is 0 Å². The number of hydrogen-bond donors (Lipinski definition) is 1. The van der Waals surface area contributed by atoms with Crippen LogP contribution < -0.4 is 0 Å². The van der Waals surface area contributed by atoms with E-state index in [0.29, 0.717) is 24.1 Å². The first kappa shape index (κ1) is 59.0. The van der Waals surface area contributed by atoms with Crippen LogP contribution in [0.3, 0.4) is 0 Å². The summed E-state index contributed by atoms with van der Waals surface area (Å²) in [6, 6.07) is 0. The Labute approximate surface area is 373 Å². The second-order valence-corrected chi connectivity index (χ2v) is 20.0. The maximum Gasteiger partial charge on any atom is 0.472 e. The van der Waals surface area contributed by atoms with Gasteiger partial charge >= 0.3 is 13.8 Å². The number of carbonyl (C=O) groups is 1. The molecule has 0 aliphatic carbocycles. The first-order valence-electron chi connectivity index (χ1n) is 25.6. The van der Waals surface area contributed by atoms with Crippen molar-refractivity contribution >= 4 is 13.8 Å². The predicted octanol–water partition coefficient (Wildman–Crippen LogP) is 15.6. The average molecular weight is 871 g/mol. The smallest absolute Gasteiger partial charge is 0.457 e. The molecule has 0 bridgehead atoms. The molecule has 0 aromatic heterocycles. The Bertz CT molecular complexity index is 1010. The lowest BCUT2D eigenvalue weighted by molar-refractivity contribution is -0.870. The van der Waals surface area contributed by atoms with Gasteiger partial charge in [-0.15, -0.1) is 0 Å². The van der Waals surface area contributed by atoms with E-state index in [1.807, 2.05) is 21.1 Å². The minimum Gasteiger partial charge on any atom is -0.457 e. The molecule has 0 saturated heterocycles. The number of allylic oxidation sites excluding steroid dienone is 4. The van der Waals surface area contributed by atoms with Crippen molar-refractivity contribution in [1.82, 2.24) is 0 Å². The highest BCUT2D eigenvalue weighted by molar-refractivity contribution is 7.47. The molecule has 1 N–H and O–H groups in total. The van der Waals surface area contributed by atoms with Gasteiger partial charge in [-0.1, -0.05) is 212 Å². The fourth-order valence-electron chi connectivity index (χ4n) is 7.29. The van der Waals surface area contributed by atoms with E-state index in [4.69, 9.17) is 18.5 Å². The Morgan fingerprint density at radius 1 is 0.517 bits per heavy atom. The summed E-state index contributed by atoms with van der Waals surface area (Å²) in [5, 5.41) is 0. The molecule has 0 aliphatic heterocycles. The Kier molecular flexibility index (Phi) is 43.8. The zero-order valence-corrected chi connectivity index (χ0v) is 41.4. The van der Waals surface area contributed by atoms with Crippen LogP contribution in [0.2, 0.25) is 0 Å². The fraction of sp³-hybridized carbons (Fsp3) is 0.902. The molecule has 60 heavy (non-hydrogen) atoms. The van der Waals surface area contributed by atoms with E-state index < -0.39 is 13.9 Å². The number of phosphoric ester groups is 1. The van der Waals surface area contributed by atoms with Gasteiger partial charge in [0, 0.05) is 13.0 Å². The van der Waals surface area contributed by atoms with Gasteiger partial charge in [0.1, 0.15) is 19.3 Å². The minimum absolute atomic E-state index is 0.0897. The first-order chi connectivity index (χ1) is 29.1. The van der Waals surface area contributed by atoms with Crippen molar-refractivity contribution in [3.05, 3.63) is 24.3 Å². The highest BCUT2D eigenvalue weighted by Gasteiger charge is 2.26. The molecule has 356 valence electrons. The molecule has 0 aliphatic rings. The SMILES string of the molecule is CCCCC/C=C\C/C=C\CCCCCCCCCCOCC(COP(=O)(O)OCC[N+](C)(C)C)OC(=O)CCCCCCCCCCCCCCCCCCCCCC. The van der Waals surface area contributed by atoms with Crippen LogP contribution in [0.5, 0.6) is 0 Å². The minimum atomic E-state index is -4.28. The summed E-state index contributed by atoms with van der Waals surface area (Å²) < 4.78 is 35.2. The van der Waals surface area contributed by atoms with E-state index in [9.17, 15) is 14.3 Å². The lowest BCUT2D eigenvalue weighted by Gasteiger charge is -2.24. The largest absolute Gasteiger partial charge is 0.472 e. The maximum atomic E-state index is 12.8. The zero-order valence-electron chi connectivity index (χ0n) is 40.5. The van der Waals surface area contributed by atoms with Gasteiger partial charge in [0.2, 0.25) is 0 Å². The van der Waals surface area contributed by atoms with Gasteiger partial charge in [-0.05, 0) is 44.9 Å². The van der Waals surface area contributed by atoms with Crippen molar-refractivity contribution < 1.29 is 37.3 Å². The van der Waals surface area contributed by atoms with Gasteiger partial charge in [0.05, 0.1) is 34.4 Å². The highest BCUT2D eigenvalue weighted by Crippen LogP contribution is 2.43. The molecule has 0 spiro atoms. The molecule has 0 radical (unpaired) electrons. The number of phosphoric acid groups is 1. The average Bonchev–Trinajstić information content (AvgIpc) is 3.20. The van der Waals surface area contributed by atoms with E-state index in [1.54, 1.807) is 0 Å². The zero-order chi connectivity index (χ0) is 44.1. The molecule has 0 heterocycles. The summed E-state index contributed by atoms with van der Waals surface area (Å²) in [5.74, 6) is -0.310. The van der Waals surface area contributed by atoms with E-state index in [0.717, 1.165) is 38.5 Å². The van der Waals surface area contributed by atoms with E-state index in [-0.39, 0.29) is 25.8 Å². The van der Waals surface area contributed by atoms with Crippen molar-refractivity contribution in [2.45, 2.75) is 245 Å². The Morgan fingerprint density at radius 3 is 1.38 bits per heavy atom. The first-order valence-corrected chi connectivity index (χ1v) is 27.1. The van der Waals surface area contributed by atoms with Crippen LogP contribution >= 0.6 is 7.82 Å². The number of nitrogens with zero attached hydrogens (tertiary/aromatic N) is 1. The highest BCUT2D eigenvalue weighted by atomic mass is 31.2. The van der Waals surface area contributed by atoms with Gasteiger partial charge in [-0.3, -0.25) is 13.8 Å². The maximum absolute atomic E-state index is 12.8. The Hall–Kier alpha value is -1.02. The predicted molar refractivity (Wildman–Crippen MR) is 257 cm³/mol. The second kappa shape index (κ2) is 44.6. The standard InChI is InChI=1S/C51H100NO7P/c1-6-8-10-12-14-16-18-20-22-24-26-27-28-30-32-34-36-38-40-42-44-51(53)59-50(49-58-60(54,55)57-47-45-52(3,4)5)48-56-46-43-41-39-37-35-33-31-29-25-23-21-19-17-15-13-11-9-7-2/h15,17,21,23,50H,6-14,16,18-20,22,24-49H2,1-5H3/p+1/b17-15-,23-21-. The van der Waals surface area contributed by atoms with Crippen LogP contribution in [0, 0.1) is 0 Å². The van der Waals surface area contributed by atoms with Crippen LogP contribution in [0.1, 0.15) is 239 Å². The van der Waals surface area contributed by atoms with Crippen molar-refractivity contribution in [2.24, 2.45) is 0 Å². The lowest BCUT2D eigenvalue weighted by Crippen LogP contribution is -2.37. The second-order valence-electron chi connectivity index (χ2n) is 18.6. The van der Waals surface area contributed by atoms with Gasteiger partial charge in [-0.25, -0.2) is 4.57 Å². The van der Waals surface area contributed by atoms with Crippen LogP contribution in [0.25, 0.3) is 0 Å². The van der Waals surface area contributed by atoms with Crippen molar-refractivity contribution in [2.75, 3.05) is 54.1 Å². The van der Waals surface area contributed by atoms with Crippen molar-refractivity contribution in [1.29, 1.82) is 0 Å². The van der Waals surface area contributed by atoms with Crippen molar-refractivity contribution in [3.8, 4) is 0 Å². The number of ether oxygens (including phenoxy) is 2. The fourth-order valence-corrected chi connectivity index (χ4v) is 8.03. The number of rotatable bonds is 48. The molecule has 8 nitrogen and oxygen atoms in total. The topological polar surface area (TPSA) is 91.3 Å². The molecule has 0 aromatic carbocycles. The lowest BCUT2D eigenvalue weighted by atomic mass is 10.0. The van der Waals surface area contributed by atoms with Gasteiger partial charge in [-0.2, -0.15) is 0 Å².